The van der Waals surface area contributed by atoms with Crippen LogP contribution in [-0.4, -0.2) is 93.4 Å². The number of H-pyrrole nitrogens is 2. The third-order valence-corrected chi connectivity index (χ3v) is 11.3. The molecule has 55 heavy (non-hydrogen) atoms. The molecule has 0 unspecified atom stereocenters. The molecule has 7 rings (SSSR count). The van der Waals surface area contributed by atoms with Crippen LogP contribution in [0.2, 0.25) is 0 Å². The van der Waals surface area contributed by atoms with Crippen LogP contribution in [0.1, 0.15) is 106 Å². The van der Waals surface area contributed by atoms with Crippen molar-refractivity contribution in [2.75, 3.05) is 27.3 Å². The topological polar surface area (TPSA) is 167 Å². The molecule has 1 saturated carbocycles. The Balaban J connectivity index is 0.999. The quantitative estimate of drug-likeness (QED) is 0.0598. The van der Waals surface area contributed by atoms with E-state index in [0.717, 1.165) is 66.0 Å². The number of amides is 3. The summed E-state index contributed by atoms with van der Waals surface area (Å²) in [6.45, 7) is 9.05. The van der Waals surface area contributed by atoms with E-state index in [9.17, 15) is 14.4 Å². The number of benzene rings is 2. The van der Waals surface area contributed by atoms with Gasteiger partial charge >= 0.3 is 6.09 Å². The molecule has 14 nitrogen and oxygen atoms in total. The molecule has 2 aliphatic heterocycles. The van der Waals surface area contributed by atoms with Crippen molar-refractivity contribution in [1.29, 1.82) is 0 Å². The number of likely N-dealkylation sites (tertiary alicyclic amines) is 2. The van der Waals surface area contributed by atoms with Crippen molar-refractivity contribution in [3.8, 4) is 11.3 Å². The van der Waals surface area contributed by atoms with Crippen molar-refractivity contribution in [3.63, 3.8) is 0 Å². The third-order valence-electron chi connectivity index (χ3n) is 11.3. The van der Waals surface area contributed by atoms with E-state index in [0.29, 0.717) is 24.9 Å². The van der Waals surface area contributed by atoms with Gasteiger partial charge in [-0.2, -0.15) is 4.89 Å². The standard InChI is InChI=1S/C41H52N8O6/c1-23(2)35(43-22-55-54-6)39(50)48-17-7-9-33(48)37-42-21-32(46-37)26-13-11-25(12-14-26)28-20-29(28)27-15-16-30-31(19-27)45-38(44-30)34-10-8-18-49(34)40(51)36(24(3)4)47-41(52)53-5/h11-16,19,21-24,28-29,33-36H,7-10,17-18,20H2,1-6H3,(H,42,46)(H,44,45)(H,47,52)/b43-22-/t28-,29-,33-,34-,35-,36-/m0/s1. The van der Waals surface area contributed by atoms with Crippen LogP contribution in [0.5, 0.6) is 0 Å². The summed E-state index contributed by atoms with van der Waals surface area (Å²) < 4.78 is 4.78. The molecule has 3 fully saturated rings. The summed E-state index contributed by atoms with van der Waals surface area (Å²) in [6.07, 6.45) is 6.91. The average Bonchev–Trinajstić information content (AvgIpc) is 3.69. The Morgan fingerprint density at radius 1 is 0.873 bits per heavy atom. The fourth-order valence-corrected chi connectivity index (χ4v) is 8.26. The summed E-state index contributed by atoms with van der Waals surface area (Å²) in [5.74, 6) is 2.14. The van der Waals surface area contributed by atoms with Crippen LogP contribution in [0, 0.1) is 11.8 Å². The van der Waals surface area contributed by atoms with Crippen LogP contribution in [-0.2, 0) is 24.1 Å². The highest BCUT2D eigenvalue weighted by Crippen LogP contribution is 2.55. The Labute approximate surface area is 321 Å². The summed E-state index contributed by atoms with van der Waals surface area (Å²) >= 11 is 0. The van der Waals surface area contributed by atoms with Crippen LogP contribution in [0.15, 0.2) is 53.7 Å². The molecule has 0 bridgehead atoms. The Morgan fingerprint density at radius 3 is 2.22 bits per heavy atom. The van der Waals surface area contributed by atoms with Crippen LogP contribution < -0.4 is 5.32 Å². The van der Waals surface area contributed by atoms with Crippen molar-refractivity contribution in [2.24, 2.45) is 16.8 Å². The highest BCUT2D eigenvalue weighted by molar-refractivity contribution is 5.87. The SMILES string of the molecule is COO/C=N\[C@H](C(=O)N1CCC[C@H]1c1ncc(-c2ccc([C@@H]3C[C@H]3c3ccc4nc([C@@H]5CCCN5C(=O)[C@@H](NC(=O)OC)C(C)C)[nH]c4c3)cc2)[nH]1)C(C)C. The maximum absolute atomic E-state index is 13.6. The number of aromatic amines is 2. The number of aliphatic imine (C=N–C) groups is 1. The van der Waals surface area contributed by atoms with E-state index in [1.165, 1.54) is 31.7 Å². The number of rotatable bonds is 13. The number of imidazole rings is 2. The highest BCUT2D eigenvalue weighted by Gasteiger charge is 2.41. The lowest BCUT2D eigenvalue weighted by atomic mass is 10.0. The zero-order valence-electron chi connectivity index (χ0n) is 32.5. The fraction of sp³-hybridized carbons (Fsp3) is 0.512. The van der Waals surface area contributed by atoms with E-state index in [1.54, 1.807) is 0 Å². The molecule has 1 aliphatic carbocycles. The van der Waals surface area contributed by atoms with Crippen molar-refractivity contribution < 1.29 is 28.9 Å². The molecular formula is C41H52N8O6. The molecule has 0 spiro atoms. The predicted octanol–water partition coefficient (Wildman–Crippen LogP) is 6.56. The van der Waals surface area contributed by atoms with E-state index < -0.39 is 18.2 Å². The van der Waals surface area contributed by atoms with Gasteiger partial charge in [0, 0.05) is 13.1 Å². The second-order valence-electron chi connectivity index (χ2n) is 15.6. The average molecular weight is 753 g/mol. The van der Waals surface area contributed by atoms with Gasteiger partial charge in [0.25, 0.3) is 0 Å². The number of carbonyl (C=O) groups is 3. The Hall–Kier alpha value is -5.24. The normalized spacial score (nSPS) is 22.2. The van der Waals surface area contributed by atoms with Crippen LogP contribution in [0.3, 0.4) is 0 Å². The molecule has 4 heterocycles. The number of aromatic nitrogens is 4. The van der Waals surface area contributed by atoms with E-state index in [4.69, 9.17) is 19.6 Å². The highest BCUT2D eigenvalue weighted by atomic mass is 17.2. The van der Waals surface area contributed by atoms with E-state index in [2.05, 4.69) is 67.6 Å². The van der Waals surface area contributed by atoms with Gasteiger partial charge in [-0.25, -0.2) is 19.8 Å². The van der Waals surface area contributed by atoms with Gasteiger partial charge in [0.1, 0.15) is 23.7 Å². The first-order valence-electron chi connectivity index (χ1n) is 19.4. The molecule has 292 valence electrons. The molecule has 6 atom stereocenters. The van der Waals surface area contributed by atoms with Crippen molar-refractivity contribution in [2.45, 2.75) is 95.8 Å². The van der Waals surface area contributed by atoms with Gasteiger partial charge in [-0.05, 0) is 84.6 Å². The Kier molecular flexibility index (Phi) is 11.2. The van der Waals surface area contributed by atoms with E-state index >= 15 is 0 Å². The first-order chi connectivity index (χ1) is 26.6. The van der Waals surface area contributed by atoms with Crippen molar-refractivity contribution in [3.05, 3.63) is 71.4 Å². The molecule has 0 radical (unpaired) electrons. The van der Waals surface area contributed by atoms with Gasteiger partial charge in [-0.1, -0.05) is 58.0 Å². The number of hydrogen-bond acceptors (Lipinski definition) is 9. The Bertz CT molecular complexity index is 2020. The number of fused-ring (bicyclic) bond motifs is 1. The summed E-state index contributed by atoms with van der Waals surface area (Å²) in [6, 6.07) is 13.6. The van der Waals surface area contributed by atoms with E-state index in [1.807, 2.05) is 43.7 Å². The van der Waals surface area contributed by atoms with Crippen LogP contribution in [0.4, 0.5) is 4.79 Å². The number of nitrogens with zero attached hydrogens (tertiary/aromatic N) is 5. The molecule has 4 aromatic rings. The lowest BCUT2D eigenvalue weighted by molar-refractivity contribution is -0.188. The molecule has 2 aromatic carbocycles. The zero-order chi connectivity index (χ0) is 38.8. The molecule has 3 amide bonds. The summed E-state index contributed by atoms with van der Waals surface area (Å²) in [5.41, 5.74) is 6.37. The molecule has 14 heteroatoms. The molecule has 3 N–H and O–H groups in total. The second-order valence-corrected chi connectivity index (χ2v) is 15.6. The number of ether oxygens (including phenoxy) is 1. The Morgan fingerprint density at radius 2 is 1.55 bits per heavy atom. The minimum Gasteiger partial charge on any atom is -0.453 e. The first-order valence-corrected chi connectivity index (χ1v) is 19.4. The number of carbonyl (C=O) groups excluding carboxylic acids is 3. The summed E-state index contributed by atoms with van der Waals surface area (Å²) in [7, 11) is 2.70. The summed E-state index contributed by atoms with van der Waals surface area (Å²) in [5, 5.41) is 2.72. The fourth-order valence-electron chi connectivity index (χ4n) is 8.26. The minimum atomic E-state index is -0.673. The maximum Gasteiger partial charge on any atom is 0.407 e. The van der Waals surface area contributed by atoms with Gasteiger partial charge in [0.15, 0.2) is 0 Å². The lowest BCUT2D eigenvalue weighted by Gasteiger charge is -2.29. The second kappa shape index (κ2) is 16.2. The van der Waals surface area contributed by atoms with Gasteiger partial charge < -0.3 is 34.7 Å². The van der Waals surface area contributed by atoms with E-state index in [-0.39, 0.29) is 35.7 Å². The van der Waals surface area contributed by atoms with Gasteiger partial charge in [-0.3, -0.25) is 9.59 Å². The largest absolute Gasteiger partial charge is 0.453 e. The van der Waals surface area contributed by atoms with Gasteiger partial charge in [0.2, 0.25) is 18.2 Å². The maximum atomic E-state index is 13.6. The number of nitrogens with one attached hydrogen (secondary N) is 3. The minimum absolute atomic E-state index is 0.00194. The molecule has 2 aromatic heterocycles. The summed E-state index contributed by atoms with van der Waals surface area (Å²) in [4.78, 5) is 73.3. The smallest absolute Gasteiger partial charge is 0.407 e. The van der Waals surface area contributed by atoms with Crippen LogP contribution in [0.25, 0.3) is 22.3 Å². The van der Waals surface area contributed by atoms with Crippen LogP contribution >= 0.6 is 0 Å². The molecule has 3 aliphatic rings. The lowest BCUT2D eigenvalue weighted by Crippen LogP contribution is -2.51. The molecular weight excluding hydrogens is 701 g/mol. The zero-order valence-corrected chi connectivity index (χ0v) is 32.5. The number of hydrogen-bond donors (Lipinski definition) is 3. The molecule has 2 saturated heterocycles. The third kappa shape index (κ3) is 7.96. The predicted molar refractivity (Wildman–Crippen MR) is 207 cm³/mol. The van der Waals surface area contributed by atoms with Gasteiger partial charge in [-0.15, -0.1) is 0 Å². The van der Waals surface area contributed by atoms with Gasteiger partial charge in [0.05, 0.1) is 49.2 Å². The first kappa shape index (κ1) is 38.1. The number of alkyl carbamates (subject to hydrolysis) is 1. The van der Waals surface area contributed by atoms with Crippen molar-refractivity contribution in [1.82, 2.24) is 35.1 Å². The monoisotopic (exact) mass is 752 g/mol. The van der Waals surface area contributed by atoms with Crippen molar-refractivity contribution >= 4 is 35.3 Å². The number of methoxy groups -OCH3 is 1.